The average Bonchev–Trinajstić information content (AvgIpc) is 2.64. The van der Waals surface area contributed by atoms with E-state index in [1.807, 2.05) is 37.3 Å². The highest BCUT2D eigenvalue weighted by Gasteiger charge is 2.18. The second-order valence-electron chi connectivity index (χ2n) is 6.08. The SMILES string of the molecule is Cc1ccc(CC(=O)NS(=O)(=O)c2ccc(Oc3ccccc3)cc2)cc1. The summed E-state index contributed by atoms with van der Waals surface area (Å²) in [7, 11) is -3.93. The van der Waals surface area contributed by atoms with Gasteiger partial charge in [-0.25, -0.2) is 13.1 Å². The molecule has 0 heterocycles. The van der Waals surface area contributed by atoms with Crippen LogP contribution in [0.3, 0.4) is 0 Å². The molecule has 0 spiro atoms. The molecule has 0 aliphatic rings. The molecule has 138 valence electrons. The zero-order chi connectivity index (χ0) is 19.3. The van der Waals surface area contributed by atoms with Crippen molar-refractivity contribution in [3.8, 4) is 11.5 Å². The number of aryl methyl sites for hydroxylation is 1. The molecule has 6 heteroatoms. The standard InChI is InChI=1S/C21H19NO4S/c1-16-7-9-17(10-8-16)15-21(23)22-27(24,25)20-13-11-19(12-14-20)26-18-5-3-2-4-6-18/h2-14H,15H2,1H3,(H,22,23). The molecule has 3 aromatic carbocycles. The molecule has 27 heavy (non-hydrogen) atoms. The summed E-state index contributed by atoms with van der Waals surface area (Å²) < 4.78 is 32.5. The highest BCUT2D eigenvalue weighted by molar-refractivity contribution is 7.90. The Morgan fingerprint density at radius 3 is 2.07 bits per heavy atom. The molecule has 0 fully saturated rings. The number of nitrogens with one attached hydrogen (secondary N) is 1. The Labute approximate surface area is 158 Å². The zero-order valence-electron chi connectivity index (χ0n) is 14.8. The van der Waals surface area contributed by atoms with Crippen LogP contribution >= 0.6 is 0 Å². The monoisotopic (exact) mass is 381 g/mol. The molecule has 5 nitrogen and oxygen atoms in total. The summed E-state index contributed by atoms with van der Waals surface area (Å²) >= 11 is 0. The zero-order valence-corrected chi connectivity index (χ0v) is 15.6. The van der Waals surface area contributed by atoms with Crippen LogP contribution < -0.4 is 9.46 Å². The maximum Gasteiger partial charge on any atom is 0.264 e. The molecule has 1 N–H and O–H groups in total. The number of para-hydroxylation sites is 1. The minimum atomic E-state index is -3.93. The van der Waals surface area contributed by atoms with Crippen molar-refractivity contribution >= 4 is 15.9 Å². The fourth-order valence-electron chi connectivity index (χ4n) is 2.45. The van der Waals surface area contributed by atoms with E-state index in [2.05, 4.69) is 4.72 Å². The van der Waals surface area contributed by atoms with E-state index < -0.39 is 15.9 Å². The van der Waals surface area contributed by atoms with Gasteiger partial charge in [-0.05, 0) is 48.9 Å². The summed E-state index contributed by atoms with van der Waals surface area (Å²) in [5.41, 5.74) is 1.82. The summed E-state index contributed by atoms with van der Waals surface area (Å²) in [5.74, 6) is 0.578. The quantitative estimate of drug-likeness (QED) is 0.704. The van der Waals surface area contributed by atoms with Crippen LogP contribution in [0.1, 0.15) is 11.1 Å². The number of benzene rings is 3. The molecule has 0 aliphatic carbocycles. The first-order chi connectivity index (χ1) is 12.9. The molecule has 1 amide bonds. The molecule has 0 radical (unpaired) electrons. The molecule has 0 atom stereocenters. The lowest BCUT2D eigenvalue weighted by molar-refractivity contribution is -0.118. The molecule has 0 aliphatic heterocycles. The first kappa shape index (κ1) is 18.7. The molecule has 0 unspecified atom stereocenters. The van der Waals surface area contributed by atoms with Gasteiger partial charge in [-0.2, -0.15) is 0 Å². The Balaban J connectivity index is 1.65. The van der Waals surface area contributed by atoms with Crippen molar-refractivity contribution in [1.82, 2.24) is 4.72 Å². The lowest BCUT2D eigenvalue weighted by atomic mass is 10.1. The van der Waals surface area contributed by atoms with Gasteiger partial charge in [0.2, 0.25) is 5.91 Å². The summed E-state index contributed by atoms with van der Waals surface area (Å²) in [6, 6.07) is 22.4. The van der Waals surface area contributed by atoms with Crippen LogP contribution in [-0.4, -0.2) is 14.3 Å². The van der Waals surface area contributed by atoms with Crippen LogP contribution in [0, 0.1) is 6.92 Å². The Morgan fingerprint density at radius 2 is 1.44 bits per heavy atom. The van der Waals surface area contributed by atoms with E-state index in [1.54, 1.807) is 36.4 Å². The summed E-state index contributed by atoms with van der Waals surface area (Å²) in [6.07, 6.45) is -0.00525. The molecule has 0 saturated heterocycles. The Morgan fingerprint density at radius 1 is 0.852 bits per heavy atom. The van der Waals surface area contributed by atoms with E-state index >= 15 is 0 Å². The van der Waals surface area contributed by atoms with Crippen LogP contribution in [0.2, 0.25) is 0 Å². The third-order valence-corrected chi connectivity index (χ3v) is 5.24. The lowest BCUT2D eigenvalue weighted by Gasteiger charge is -2.09. The molecule has 3 aromatic rings. The lowest BCUT2D eigenvalue weighted by Crippen LogP contribution is -2.31. The van der Waals surface area contributed by atoms with E-state index in [1.165, 1.54) is 12.1 Å². The normalized spacial score (nSPS) is 11.0. The number of carbonyl (C=O) groups excluding carboxylic acids is 1. The first-order valence-corrected chi connectivity index (χ1v) is 9.85. The fourth-order valence-corrected chi connectivity index (χ4v) is 3.43. The summed E-state index contributed by atoms with van der Waals surface area (Å²) in [6.45, 7) is 1.94. The summed E-state index contributed by atoms with van der Waals surface area (Å²) in [4.78, 5) is 12.1. The molecule has 0 aromatic heterocycles. The van der Waals surface area contributed by atoms with Crippen LogP contribution in [-0.2, 0) is 21.2 Å². The van der Waals surface area contributed by atoms with E-state index in [0.29, 0.717) is 11.5 Å². The number of amides is 1. The van der Waals surface area contributed by atoms with Crippen molar-refractivity contribution in [2.45, 2.75) is 18.2 Å². The maximum absolute atomic E-state index is 12.4. The fraction of sp³-hybridized carbons (Fsp3) is 0.0952. The molecular formula is C21H19NO4S. The number of hydrogen-bond donors (Lipinski definition) is 1. The smallest absolute Gasteiger partial charge is 0.264 e. The first-order valence-electron chi connectivity index (χ1n) is 8.36. The van der Waals surface area contributed by atoms with Gasteiger partial charge in [-0.1, -0.05) is 48.0 Å². The molecular weight excluding hydrogens is 362 g/mol. The molecule has 0 bridgehead atoms. The van der Waals surface area contributed by atoms with Crippen molar-refractivity contribution in [3.63, 3.8) is 0 Å². The van der Waals surface area contributed by atoms with Crippen LogP contribution in [0.25, 0.3) is 0 Å². The second-order valence-corrected chi connectivity index (χ2v) is 7.76. The topological polar surface area (TPSA) is 72.5 Å². The Hall–Kier alpha value is -3.12. The van der Waals surface area contributed by atoms with Crippen LogP contribution in [0.5, 0.6) is 11.5 Å². The highest BCUT2D eigenvalue weighted by Crippen LogP contribution is 2.22. The third kappa shape index (κ3) is 5.18. The van der Waals surface area contributed by atoms with E-state index in [-0.39, 0.29) is 11.3 Å². The molecule has 0 saturated carbocycles. The van der Waals surface area contributed by atoms with Crippen molar-refractivity contribution in [3.05, 3.63) is 90.0 Å². The van der Waals surface area contributed by atoms with Crippen LogP contribution in [0.15, 0.2) is 83.8 Å². The van der Waals surface area contributed by atoms with Gasteiger partial charge in [0, 0.05) is 0 Å². The van der Waals surface area contributed by atoms with Gasteiger partial charge in [0.05, 0.1) is 11.3 Å². The van der Waals surface area contributed by atoms with Gasteiger partial charge >= 0.3 is 0 Å². The highest BCUT2D eigenvalue weighted by atomic mass is 32.2. The second kappa shape index (κ2) is 8.05. The maximum atomic E-state index is 12.4. The third-order valence-electron chi connectivity index (χ3n) is 3.85. The van der Waals surface area contributed by atoms with Crippen molar-refractivity contribution in [1.29, 1.82) is 0 Å². The largest absolute Gasteiger partial charge is 0.457 e. The minimum Gasteiger partial charge on any atom is -0.457 e. The Bertz CT molecular complexity index is 1010. The number of sulfonamides is 1. The van der Waals surface area contributed by atoms with Crippen molar-refractivity contribution in [2.24, 2.45) is 0 Å². The van der Waals surface area contributed by atoms with Gasteiger partial charge < -0.3 is 4.74 Å². The van der Waals surface area contributed by atoms with Gasteiger partial charge in [-0.15, -0.1) is 0 Å². The van der Waals surface area contributed by atoms with Gasteiger partial charge in [0.1, 0.15) is 11.5 Å². The van der Waals surface area contributed by atoms with Gasteiger partial charge in [0.15, 0.2) is 0 Å². The number of ether oxygens (including phenoxy) is 1. The van der Waals surface area contributed by atoms with E-state index in [0.717, 1.165) is 11.1 Å². The minimum absolute atomic E-state index is 0.000155. The van der Waals surface area contributed by atoms with Crippen LogP contribution in [0.4, 0.5) is 0 Å². The Kier molecular flexibility index (Phi) is 5.57. The van der Waals surface area contributed by atoms with Crippen molar-refractivity contribution < 1.29 is 17.9 Å². The summed E-state index contributed by atoms with van der Waals surface area (Å²) in [5, 5.41) is 0. The number of rotatable bonds is 6. The van der Waals surface area contributed by atoms with Gasteiger partial charge in [-0.3, -0.25) is 4.79 Å². The predicted molar refractivity (Wildman–Crippen MR) is 103 cm³/mol. The number of hydrogen-bond acceptors (Lipinski definition) is 4. The number of carbonyl (C=O) groups is 1. The van der Waals surface area contributed by atoms with E-state index in [4.69, 9.17) is 4.74 Å². The van der Waals surface area contributed by atoms with E-state index in [9.17, 15) is 13.2 Å². The molecule has 3 rings (SSSR count). The average molecular weight is 381 g/mol. The van der Waals surface area contributed by atoms with Crippen molar-refractivity contribution in [2.75, 3.05) is 0 Å². The predicted octanol–water partition coefficient (Wildman–Crippen LogP) is 3.83. The van der Waals surface area contributed by atoms with Gasteiger partial charge in [0.25, 0.3) is 10.0 Å².